The SMILES string of the molecule is CCC(CC)(CNC(=O)[C@@H]1c2ccccc2C(=O)N([C@H]2CCCC[C@@H]2NS(C)(=O)=O)[C@H]1c1ccc(Cl)cc1Cl)c1cccc[n+]1[O-]. The number of carbonyl (C=O) groups excluding carboxylic acids is 2. The molecule has 1 saturated carbocycles. The number of aromatic nitrogens is 1. The van der Waals surface area contributed by atoms with E-state index in [1.165, 1.54) is 6.20 Å². The highest BCUT2D eigenvalue weighted by atomic mass is 35.5. The topological polar surface area (TPSA) is 123 Å². The van der Waals surface area contributed by atoms with Crippen molar-refractivity contribution in [3.8, 4) is 0 Å². The number of pyridine rings is 1. The first-order valence-electron chi connectivity index (χ1n) is 15.7. The third kappa shape index (κ3) is 6.76. The second kappa shape index (κ2) is 13.9. The fourth-order valence-corrected chi connectivity index (χ4v) is 8.63. The lowest BCUT2D eigenvalue weighted by atomic mass is 9.75. The van der Waals surface area contributed by atoms with Gasteiger partial charge in [0, 0.05) is 46.4 Å². The number of hydrogen-bond acceptors (Lipinski definition) is 5. The van der Waals surface area contributed by atoms with Crippen LogP contribution >= 0.6 is 23.2 Å². The van der Waals surface area contributed by atoms with E-state index in [4.69, 9.17) is 23.2 Å². The molecule has 3 aromatic rings. The molecule has 5 rings (SSSR count). The average Bonchev–Trinajstić information content (AvgIpc) is 3.02. The summed E-state index contributed by atoms with van der Waals surface area (Å²) in [4.78, 5) is 30.8. The zero-order valence-electron chi connectivity index (χ0n) is 26.2. The van der Waals surface area contributed by atoms with Gasteiger partial charge in [-0.2, -0.15) is 4.73 Å². The number of fused-ring (bicyclic) bond motifs is 1. The number of benzene rings is 2. The molecule has 0 spiro atoms. The van der Waals surface area contributed by atoms with E-state index in [0.29, 0.717) is 58.1 Å². The standard InChI is InChI=1S/C34H40Cl2N4O5S/c1-4-34(5-2,29-16-10-11-19-39(29)43)21-37-32(41)30-23-12-6-7-13-24(23)33(42)40(31(30)25-18-17-22(35)20-26(25)36)28-15-9-8-14-27(28)38-46(3,44)45/h6-7,10-13,16-20,27-28,30-31,38H,4-5,8-9,14-15,21H2,1-3H3,(H,37,41)/t27-,28-,30+,31-/m0/s1. The molecular weight excluding hydrogens is 647 g/mol. The molecule has 46 heavy (non-hydrogen) atoms. The minimum Gasteiger partial charge on any atom is -0.618 e. The van der Waals surface area contributed by atoms with Crippen molar-refractivity contribution in [2.75, 3.05) is 12.8 Å². The Bertz CT molecular complexity index is 1720. The molecule has 0 saturated heterocycles. The average molecular weight is 688 g/mol. The fraction of sp³-hybridized carbons (Fsp3) is 0.441. The van der Waals surface area contributed by atoms with Gasteiger partial charge < -0.3 is 15.4 Å². The van der Waals surface area contributed by atoms with Crippen LogP contribution in [-0.2, 0) is 20.2 Å². The van der Waals surface area contributed by atoms with Gasteiger partial charge in [0.25, 0.3) is 5.91 Å². The third-order valence-corrected chi connectivity index (χ3v) is 11.0. The van der Waals surface area contributed by atoms with Crippen LogP contribution in [0.2, 0.25) is 10.0 Å². The summed E-state index contributed by atoms with van der Waals surface area (Å²) in [6, 6.07) is 15.4. The van der Waals surface area contributed by atoms with E-state index in [2.05, 4.69) is 10.0 Å². The molecule has 0 radical (unpaired) electrons. The molecule has 12 heteroatoms. The Labute approximate surface area is 280 Å². The number of hydrogen-bond donors (Lipinski definition) is 2. The summed E-state index contributed by atoms with van der Waals surface area (Å²) < 4.78 is 28.5. The van der Waals surface area contributed by atoms with E-state index in [-0.39, 0.29) is 18.4 Å². The van der Waals surface area contributed by atoms with Crippen LogP contribution in [-0.4, -0.2) is 50.0 Å². The van der Waals surface area contributed by atoms with Crippen LogP contribution in [0.4, 0.5) is 0 Å². The maximum atomic E-state index is 14.6. The Morgan fingerprint density at radius 2 is 1.72 bits per heavy atom. The monoisotopic (exact) mass is 686 g/mol. The van der Waals surface area contributed by atoms with Gasteiger partial charge in [-0.25, -0.2) is 13.1 Å². The van der Waals surface area contributed by atoms with Gasteiger partial charge in [-0.15, -0.1) is 0 Å². The summed E-state index contributed by atoms with van der Waals surface area (Å²) in [5.74, 6) is -1.52. The molecule has 1 aliphatic carbocycles. The van der Waals surface area contributed by atoms with Gasteiger partial charge >= 0.3 is 0 Å². The van der Waals surface area contributed by atoms with Gasteiger partial charge in [0.2, 0.25) is 21.6 Å². The van der Waals surface area contributed by atoms with E-state index < -0.39 is 39.5 Å². The molecule has 246 valence electrons. The van der Waals surface area contributed by atoms with Crippen molar-refractivity contribution in [1.82, 2.24) is 14.9 Å². The van der Waals surface area contributed by atoms with Gasteiger partial charge in [-0.3, -0.25) is 9.59 Å². The van der Waals surface area contributed by atoms with E-state index in [1.807, 2.05) is 19.9 Å². The Kier molecular flexibility index (Phi) is 10.3. The number of amides is 2. The smallest absolute Gasteiger partial charge is 0.255 e. The third-order valence-electron chi connectivity index (χ3n) is 9.71. The first-order chi connectivity index (χ1) is 21.9. The van der Waals surface area contributed by atoms with Gasteiger partial charge in [-0.1, -0.05) is 74.2 Å². The molecule has 2 aliphatic rings. The number of nitrogens with one attached hydrogen (secondary N) is 2. The molecule has 1 aliphatic heterocycles. The summed E-state index contributed by atoms with van der Waals surface area (Å²) in [7, 11) is -3.60. The Morgan fingerprint density at radius 1 is 1.02 bits per heavy atom. The van der Waals surface area contributed by atoms with Crippen molar-refractivity contribution in [1.29, 1.82) is 0 Å². The van der Waals surface area contributed by atoms with Crippen molar-refractivity contribution in [3.05, 3.63) is 104 Å². The summed E-state index contributed by atoms with van der Waals surface area (Å²) in [6.45, 7) is 4.18. The fourth-order valence-electron chi connectivity index (χ4n) is 7.29. The molecule has 0 unspecified atom stereocenters. The Morgan fingerprint density at radius 3 is 2.39 bits per heavy atom. The lowest BCUT2D eigenvalue weighted by Gasteiger charge is -2.49. The van der Waals surface area contributed by atoms with Crippen LogP contribution < -0.4 is 14.8 Å². The summed E-state index contributed by atoms with van der Waals surface area (Å²) in [5.41, 5.74) is 1.40. The molecule has 1 fully saturated rings. The first-order valence-corrected chi connectivity index (χ1v) is 18.4. The van der Waals surface area contributed by atoms with Crippen LogP contribution in [0.5, 0.6) is 0 Å². The van der Waals surface area contributed by atoms with Crippen LogP contribution in [0.15, 0.2) is 66.9 Å². The summed E-state index contributed by atoms with van der Waals surface area (Å²) >= 11 is 13.1. The van der Waals surface area contributed by atoms with Crippen molar-refractivity contribution in [3.63, 3.8) is 0 Å². The molecule has 9 nitrogen and oxygen atoms in total. The number of carbonyl (C=O) groups is 2. The zero-order valence-corrected chi connectivity index (χ0v) is 28.5. The number of rotatable bonds is 10. The van der Waals surface area contributed by atoms with Gasteiger partial charge in [0.05, 0.1) is 23.6 Å². The van der Waals surface area contributed by atoms with E-state index in [0.717, 1.165) is 23.8 Å². The maximum absolute atomic E-state index is 14.6. The minimum absolute atomic E-state index is 0.195. The largest absolute Gasteiger partial charge is 0.618 e. The van der Waals surface area contributed by atoms with Gasteiger partial charge in [0.1, 0.15) is 0 Å². The number of sulfonamides is 1. The highest BCUT2D eigenvalue weighted by molar-refractivity contribution is 7.88. The van der Waals surface area contributed by atoms with Crippen LogP contribution in [0, 0.1) is 5.21 Å². The second-order valence-corrected chi connectivity index (χ2v) is 15.0. The second-order valence-electron chi connectivity index (χ2n) is 12.4. The van der Waals surface area contributed by atoms with Crippen LogP contribution in [0.25, 0.3) is 0 Å². The number of halogens is 2. The lowest BCUT2D eigenvalue weighted by molar-refractivity contribution is -0.618. The van der Waals surface area contributed by atoms with Crippen LogP contribution in [0.3, 0.4) is 0 Å². The molecule has 4 atom stereocenters. The van der Waals surface area contributed by atoms with E-state index in [1.54, 1.807) is 59.5 Å². The summed E-state index contributed by atoms with van der Waals surface area (Å²) in [5, 5.41) is 16.7. The summed E-state index contributed by atoms with van der Waals surface area (Å²) in [6.07, 6.45) is 6.46. The first kappa shape index (κ1) is 34.2. The Hall–Kier alpha value is -3.18. The van der Waals surface area contributed by atoms with E-state index in [9.17, 15) is 23.2 Å². The van der Waals surface area contributed by atoms with Crippen molar-refractivity contribution in [2.45, 2.75) is 81.8 Å². The maximum Gasteiger partial charge on any atom is 0.255 e. The normalized spacial score (nSPS) is 21.9. The molecule has 0 bridgehead atoms. The predicted molar refractivity (Wildman–Crippen MR) is 179 cm³/mol. The lowest BCUT2D eigenvalue weighted by Crippen LogP contribution is -2.59. The molecule has 1 aromatic heterocycles. The van der Waals surface area contributed by atoms with Gasteiger partial charge in [-0.05, 0) is 61.1 Å². The molecular formula is C34H40Cl2N4O5S. The predicted octanol–water partition coefficient (Wildman–Crippen LogP) is 5.64. The van der Waals surface area contributed by atoms with E-state index >= 15 is 0 Å². The number of nitrogens with zero attached hydrogens (tertiary/aromatic N) is 2. The Balaban J connectivity index is 1.64. The molecule has 2 amide bonds. The molecule has 2 aromatic carbocycles. The highest BCUT2D eigenvalue weighted by Crippen LogP contribution is 2.48. The van der Waals surface area contributed by atoms with Crippen molar-refractivity contribution < 1.29 is 22.7 Å². The van der Waals surface area contributed by atoms with Crippen molar-refractivity contribution >= 4 is 45.0 Å². The van der Waals surface area contributed by atoms with Crippen molar-refractivity contribution in [2.24, 2.45) is 0 Å². The van der Waals surface area contributed by atoms with Gasteiger partial charge in [0.15, 0.2) is 6.20 Å². The quantitative estimate of drug-likeness (QED) is 0.211. The molecule has 2 N–H and O–H groups in total. The highest BCUT2D eigenvalue weighted by Gasteiger charge is 2.50. The molecule has 2 heterocycles. The zero-order chi connectivity index (χ0) is 33.2. The van der Waals surface area contributed by atoms with Crippen LogP contribution in [0.1, 0.15) is 91.5 Å². The minimum atomic E-state index is -3.60.